The number of benzene rings is 2. The third kappa shape index (κ3) is 3.52. The van der Waals surface area contributed by atoms with Crippen LogP contribution in [0.4, 0.5) is 11.4 Å². The van der Waals surface area contributed by atoms with Crippen molar-refractivity contribution in [2.45, 2.75) is 33.3 Å². The molecular weight excluding hydrogens is 392 g/mol. The van der Waals surface area contributed by atoms with Crippen molar-refractivity contribution in [2.24, 2.45) is 0 Å². The molecule has 6 heteroatoms. The normalized spacial score (nSPS) is 15.2. The Morgan fingerprint density at radius 1 is 1.17 bits per heavy atom. The molecule has 3 N–H and O–H groups in total. The number of fused-ring (bicyclic) bond motifs is 1. The second-order valence-electron chi connectivity index (χ2n) is 6.03. The summed E-state index contributed by atoms with van der Waals surface area (Å²) in [5.41, 5.74) is 11.6. The van der Waals surface area contributed by atoms with Crippen molar-refractivity contribution in [1.29, 1.82) is 0 Å². The van der Waals surface area contributed by atoms with Gasteiger partial charge in [-0.05, 0) is 61.2 Å². The average Bonchev–Trinajstić information content (AvgIpc) is 2.87. The molecule has 24 heavy (non-hydrogen) atoms. The second-order valence-corrected chi connectivity index (χ2v) is 6.94. The Morgan fingerprint density at radius 2 is 1.83 bits per heavy atom. The maximum Gasteiger partial charge on any atom is 0.265 e. The molecule has 2 aromatic carbocycles. The largest absolute Gasteiger partial charge is 0.480 e. The molecular formula is C18H20BrClN2O2. The smallest absolute Gasteiger partial charge is 0.265 e. The fraction of sp³-hybridized carbons (Fsp3) is 0.278. The number of ether oxygens (including phenoxy) is 1. The van der Waals surface area contributed by atoms with Gasteiger partial charge in [-0.15, -0.1) is 12.4 Å². The van der Waals surface area contributed by atoms with Crippen LogP contribution in [0.25, 0.3) is 0 Å². The number of amides is 1. The van der Waals surface area contributed by atoms with Gasteiger partial charge in [0.05, 0.1) is 11.4 Å². The van der Waals surface area contributed by atoms with E-state index in [0.717, 1.165) is 26.9 Å². The highest BCUT2D eigenvalue weighted by molar-refractivity contribution is 9.10. The maximum absolute atomic E-state index is 12.5. The predicted octanol–water partition coefficient (Wildman–Crippen LogP) is 4.32. The first kappa shape index (κ1) is 18.6. The number of hydrogen-bond acceptors (Lipinski definition) is 3. The monoisotopic (exact) mass is 410 g/mol. The van der Waals surface area contributed by atoms with Crippen LogP contribution in [0.2, 0.25) is 0 Å². The van der Waals surface area contributed by atoms with Crippen molar-refractivity contribution < 1.29 is 9.53 Å². The highest BCUT2D eigenvalue weighted by Crippen LogP contribution is 2.33. The quantitative estimate of drug-likeness (QED) is 0.723. The lowest BCUT2D eigenvalue weighted by molar-refractivity contribution is -0.122. The number of nitrogens with two attached hydrogens (primary N) is 1. The summed E-state index contributed by atoms with van der Waals surface area (Å²) >= 11 is 3.42. The second kappa shape index (κ2) is 7.03. The first-order valence-corrected chi connectivity index (χ1v) is 8.27. The molecule has 0 aromatic heterocycles. The van der Waals surface area contributed by atoms with E-state index >= 15 is 0 Å². The fourth-order valence-corrected chi connectivity index (χ4v) is 3.30. The van der Waals surface area contributed by atoms with Crippen molar-refractivity contribution in [3.8, 4) is 5.75 Å². The van der Waals surface area contributed by atoms with Gasteiger partial charge in [-0.3, -0.25) is 4.79 Å². The Hall–Kier alpha value is -1.72. The lowest BCUT2D eigenvalue weighted by atomic mass is 10.0. The Balaban J connectivity index is 0.00000208. The minimum atomic E-state index is -0.523. The van der Waals surface area contributed by atoms with E-state index in [1.807, 2.05) is 26.0 Å². The summed E-state index contributed by atoms with van der Waals surface area (Å²) in [5.74, 6) is 0.618. The molecule has 0 bridgehead atoms. The molecule has 0 radical (unpaired) electrons. The molecule has 3 rings (SSSR count). The van der Waals surface area contributed by atoms with Gasteiger partial charge in [0, 0.05) is 10.9 Å². The summed E-state index contributed by atoms with van der Waals surface area (Å²) in [6, 6.07) is 7.81. The molecule has 1 atom stereocenters. The van der Waals surface area contributed by atoms with E-state index in [2.05, 4.69) is 34.2 Å². The number of hydrogen-bond donors (Lipinski definition) is 2. The predicted molar refractivity (Wildman–Crippen MR) is 103 cm³/mol. The molecule has 1 aliphatic heterocycles. The van der Waals surface area contributed by atoms with Crippen LogP contribution in [-0.2, 0) is 11.2 Å². The molecule has 2 aromatic rings. The first-order chi connectivity index (χ1) is 10.8. The van der Waals surface area contributed by atoms with E-state index < -0.39 is 6.10 Å². The van der Waals surface area contributed by atoms with Gasteiger partial charge in [0.25, 0.3) is 5.91 Å². The lowest BCUT2D eigenvalue weighted by Crippen LogP contribution is -2.31. The summed E-state index contributed by atoms with van der Waals surface area (Å²) in [6.07, 6.45) is 0.0553. The summed E-state index contributed by atoms with van der Waals surface area (Å²) in [4.78, 5) is 12.5. The number of aryl methyl sites for hydroxylation is 3. The van der Waals surface area contributed by atoms with Crippen molar-refractivity contribution in [3.05, 3.63) is 51.0 Å². The highest BCUT2D eigenvalue weighted by Gasteiger charge is 2.30. The van der Waals surface area contributed by atoms with Crippen LogP contribution in [0.1, 0.15) is 22.3 Å². The molecule has 0 aliphatic carbocycles. The summed E-state index contributed by atoms with van der Waals surface area (Å²) in [7, 11) is 0. The standard InChI is InChI=1S/C18H19BrN2O2.ClH/c1-9-4-12-7-16(23-15(12)6-10(9)2)18(22)21-14-8-13(19)5-11(3)17(14)20;/h4-6,8,16H,7,20H2,1-3H3,(H,21,22);1H. The fourth-order valence-electron chi connectivity index (χ4n) is 2.73. The molecule has 4 nitrogen and oxygen atoms in total. The van der Waals surface area contributed by atoms with Gasteiger partial charge < -0.3 is 15.8 Å². The summed E-state index contributed by atoms with van der Waals surface area (Å²) < 4.78 is 6.69. The Morgan fingerprint density at radius 3 is 2.54 bits per heavy atom. The zero-order valence-corrected chi connectivity index (χ0v) is 16.2. The van der Waals surface area contributed by atoms with Gasteiger partial charge in [0.15, 0.2) is 6.10 Å². The number of carbonyl (C=O) groups excluding carboxylic acids is 1. The Kier molecular flexibility index (Phi) is 5.45. The van der Waals surface area contributed by atoms with Crippen molar-refractivity contribution in [2.75, 3.05) is 11.1 Å². The van der Waals surface area contributed by atoms with E-state index in [1.165, 1.54) is 5.56 Å². The SMILES string of the molecule is Cc1cc2c(cc1C)OC(C(=O)Nc1cc(Br)cc(C)c1N)C2.Cl. The van der Waals surface area contributed by atoms with Crippen LogP contribution in [0.15, 0.2) is 28.7 Å². The van der Waals surface area contributed by atoms with Crippen molar-refractivity contribution in [1.82, 2.24) is 0 Å². The van der Waals surface area contributed by atoms with Gasteiger partial charge in [-0.25, -0.2) is 0 Å². The minimum Gasteiger partial charge on any atom is -0.480 e. The van der Waals surface area contributed by atoms with Crippen LogP contribution in [0.5, 0.6) is 5.75 Å². The zero-order chi connectivity index (χ0) is 16.7. The summed E-state index contributed by atoms with van der Waals surface area (Å²) in [6.45, 7) is 6.01. The molecule has 1 aliphatic rings. The molecule has 1 unspecified atom stereocenters. The molecule has 0 saturated heterocycles. The van der Waals surface area contributed by atoms with Crippen molar-refractivity contribution in [3.63, 3.8) is 0 Å². The molecule has 0 saturated carbocycles. The van der Waals surface area contributed by atoms with Crippen LogP contribution in [0, 0.1) is 20.8 Å². The zero-order valence-electron chi connectivity index (χ0n) is 13.8. The van der Waals surface area contributed by atoms with E-state index in [1.54, 1.807) is 6.07 Å². The topological polar surface area (TPSA) is 64.3 Å². The molecule has 0 spiro atoms. The van der Waals surface area contributed by atoms with E-state index in [4.69, 9.17) is 10.5 Å². The van der Waals surface area contributed by atoms with E-state index in [0.29, 0.717) is 17.8 Å². The number of rotatable bonds is 2. The number of carbonyl (C=O) groups is 1. The third-order valence-electron chi connectivity index (χ3n) is 4.25. The van der Waals surface area contributed by atoms with Crippen LogP contribution in [-0.4, -0.2) is 12.0 Å². The van der Waals surface area contributed by atoms with Crippen LogP contribution >= 0.6 is 28.3 Å². The van der Waals surface area contributed by atoms with E-state index in [9.17, 15) is 4.79 Å². The third-order valence-corrected chi connectivity index (χ3v) is 4.71. The maximum atomic E-state index is 12.5. The number of nitrogen functional groups attached to an aromatic ring is 1. The average molecular weight is 412 g/mol. The minimum absolute atomic E-state index is 0. The summed E-state index contributed by atoms with van der Waals surface area (Å²) in [5, 5.41) is 2.88. The highest BCUT2D eigenvalue weighted by atomic mass is 79.9. The Labute approximate surface area is 156 Å². The van der Waals surface area contributed by atoms with Gasteiger partial charge in [0.2, 0.25) is 0 Å². The molecule has 128 valence electrons. The van der Waals surface area contributed by atoms with Crippen LogP contribution < -0.4 is 15.8 Å². The van der Waals surface area contributed by atoms with E-state index in [-0.39, 0.29) is 18.3 Å². The molecule has 1 heterocycles. The van der Waals surface area contributed by atoms with Gasteiger partial charge in [-0.2, -0.15) is 0 Å². The lowest BCUT2D eigenvalue weighted by Gasteiger charge is -2.14. The number of anilines is 2. The van der Waals surface area contributed by atoms with Gasteiger partial charge in [-0.1, -0.05) is 22.0 Å². The van der Waals surface area contributed by atoms with Gasteiger partial charge >= 0.3 is 0 Å². The molecule has 0 fully saturated rings. The van der Waals surface area contributed by atoms with Crippen LogP contribution in [0.3, 0.4) is 0 Å². The van der Waals surface area contributed by atoms with Crippen molar-refractivity contribution >= 4 is 45.6 Å². The number of halogens is 2. The Bertz CT molecular complexity index is 777. The number of nitrogens with one attached hydrogen (secondary N) is 1. The van der Waals surface area contributed by atoms with Gasteiger partial charge in [0.1, 0.15) is 5.75 Å². The molecule has 1 amide bonds. The first-order valence-electron chi connectivity index (χ1n) is 7.48.